The van der Waals surface area contributed by atoms with E-state index in [0.29, 0.717) is 6.61 Å². The highest BCUT2D eigenvalue weighted by Gasteiger charge is 1.98. The summed E-state index contributed by atoms with van der Waals surface area (Å²) in [5.41, 5.74) is 4.10. The molecule has 84 valence electrons. The van der Waals surface area contributed by atoms with Crippen molar-refractivity contribution in [1.82, 2.24) is 10.2 Å². The molecule has 1 aromatic carbocycles. The standard InChI is InChI=1S/C11H13N3OS/c1-15-7-10-4-2-3-9(5-10)6-12-11-14-13-8-16-11/h2-5,8H,6-7H2,1H3,(H,12,14). The molecule has 1 aromatic heterocycles. The van der Waals surface area contributed by atoms with E-state index in [2.05, 4.69) is 33.7 Å². The molecular formula is C11H13N3OS. The Balaban J connectivity index is 1.96. The summed E-state index contributed by atoms with van der Waals surface area (Å²) in [7, 11) is 1.70. The molecule has 2 rings (SSSR count). The fourth-order valence-corrected chi connectivity index (χ4v) is 1.87. The van der Waals surface area contributed by atoms with Crippen molar-refractivity contribution in [2.45, 2.75) is 13.2 Å². The van der Waals surface area contributed by atoms with Crippen LogP contribution >= 0.6 is 11.3 Å². The molecule has 0 spiro atoms. The SMILES string of the molecule is COCc1cccc(CNc2nncs2)c1. The van der Waals surface area contributed by atoms with Gasteiger partial charge in [0.25, 0.3) is 0 Å². The maximum atomic E-state index is 5.09. The average molecular weight is 235 g/mol. The van der Waals surface area contributed by atoms with Crippen molar-refractivity contribution in [2.24, 2.45) is 0 Å². The van der Waals surface area contributed by atoms with Gasteiger partial charge in [0.15, 0.2) is 0 Å². The normalized spacial score (nSPS) is 10.3. The Hall–Kier alpha value is -1.46. The van der Waals surface area contributed by atoms with Crippen LogP contribution in [0.4, 0.5) is 5.13 Å². The van der Waals surface area contributed by atoms with Gasteiger partial charge in [-0.25, -0.2) is 0 Å². The number of anilines is 1. The van der Waals surface area contributed by atoms with Crippen LogP contribution in [0.1, 0.15) is 11.1 Å². The summed E-state index contributed by atoms with van der Waals surface area (Å²) in [6.07, 6.45) is 0. The quantitative estimate of drug-likeness (QED) is 0.863. The van der Waals surface area contributed by atoms with Gasteiger partial charge in [-0.2, -0.15) is 0 Å². The number of benzene rings is 1. The van der Waals surface area contributed by atoms with Crippen molar-refractivity contribution in [2.75, 3.05) is 12.4 Å². The molecule has 2 aromatic rings. The molecule has 5 heteroatoms. The maximum absolute atomic E-state index is 5.09. The van der Waals surface area contributed by atoms with Gasteiger partial charge in [-0.1, -0.05) is 35.6 Å². The minimum Gasteiger partial charge on any atom is -0.380 e. The van der Waals surface area contributed by atoms with Crippen molar-refractivity contribution in [3.05, 3.63) is 40.9 Å². The second-order valence-electron chi connectivity index (χ2n) is 3.35. The molecule has 0 fully saturated rings. The number of hydrogen-bond donors (Lipinski definition) is 1. The molecule has 0 aliphatic heterocycles. The smallest absolute Gasteiger partial charge is 0.205 e. The van der Waals surface area contributed by atoms with Gasteiger partial charge in [0.2, 0.25) is 5.13 Å². The molecular weight excluding hydrogens is 222 g/mol. The minimum absolute atomic E-state index is 0.645. The minimum atomic E-state index is 0.645. The first-order valence-electron chi connectivity index (χ1n) is 4.95. The molecule has 4 nitrogen and oxygen atoms in total. The Labute approximate surface area is 98.3 Å². The van der Waals surface area contributed by atoms with E-state index in [1.54, 1.807) is 12.6 Å². The Morgan fingerprint density at radius 2 is 2.25 bits per heavy atom. The predicted octanol–water partition coefficient (Wildman–Crippen LogP) is 2.30. The summed E-state index contributed by atoms with van der Waals surface area (Å²) in [4.78, 5) is 0. The van der Waals surface area contributed by atoms with Crippen LogP contribution in [0.5, 0.6) is 0 Å². The highest BCUT2D eigenvalue weighted by molar-refractivity contribution is 7.13. The molecule has 0 bridgehead atoms. The van der Waals surface area contributed by atoms with Gasteiger partial charge in [-0.3, -0.25) is 0 Å². The third kappa shape index (κ3) is 3.01. The zero-order chi connectivity index (χ0) is 11.2. The van der Waals surface area contributed by atoms with Gasteiger partial charge in [-0.05, 0) is 11.1 Å². The molecule has 16 heavy (non-hydrogen) atoms. The van der Waals surface area contributed by atoms with Gasteiger partial charge < -0.3 is 10.1 Å². The van der Waals surface area contributed by atoms with Gasteiger partial charge in [0.05, 0.1) is 6.61 Å². The fourth-order valence-electron chi connectivity index (χ4n) is 1.42. The van der Waals surface area contributed by atoms with Crippen molar-refractivity contribution in [3.8, 4) is 0 Å². The van der Waals surface area contributed by atoms with Crippen LogP contribution in [0.2, 0.25) is 0 Å². The Morgan fingerprint density at radius 3 is 3.00 bits per heavy atom. The number of ether oxygens (including phenoxy) is 1. The predicted molar refractivity (Wildman–Crippen MR) is 64.4 cm³/mol. The Kier molecular flexibility index (Phi) is 3.85. The van der Waals surface area contributed by atoms with Crippen LogP contribution in [0.15, 0.2) is 29.8 Å². The first-order chi connectivity index (χ1) is 7.88. The molecule has 1 N–H and O–H groups in total. The Bertz CT molecular complexity index is 431. The molecule has 0 atom stereocenters. The van der Waals surface area contributed by atoms with E-state index < -0.39 is 0 Å². The summed E-state index contributed by atoms with van der Waals surface area (Å²) in [6.45, 7) is 1.40. The first-order valence-corrected chi connectivity index (χ1v) is 5.83. The van der Waals surface area contributed by atoms with E-state index in [4.69, 9.17) is 4.74 Å². The van der Waals surface area contributed by atoms with Gasteiger partial charge in [0.1, 0.15) is 5.51 Å². The monoisotopic (exact) mass is 235 g/mol. The van der Waals surface area contributed by atoms with Crippen LogP contribution in [0.3, 0.4) is 0 Å². The highest BCUT2D eigenvalue weighted by atomic mass is 32.1. The number of nitrogens with zero attached hydrogens (tertiary/aromatic N) is 2. The van der Waals surface area contributed by atoms with E-state index in [1.165, 1.54) is 22.5 Å². The van der Waals surface area contributed by atoms with E-state index in [0.717, 1.165) is 11.7 Å². The molecule has 0 aliphatic rings. The molecule has 0 saturated carbocycles. The van der Waals surface area contributed by atoms with Gasteiger partial charge in [0, 0.05) is 13.7 Å². The molecule has 0 radical (unpaired) electrons. The van der Waals surface area contributed by atoms with E-state index in [9.17, 15) is 0 Å². The second kappa shape index (κ2) is 5.58. The number of methoxy groups -OCH3 is 1. The first kappa shape index (κ1) is 11.0. The summed E-state index contributed by atoms with van der Waals surface area (Å²) in [5, 5.41) is 11.7. The van der Waals surface area contributed by atoms with Crippen LogP contribution in [-0.4, -0.2) is 17.3 Å². The summed E-state index contributed by atoms with van der Waals surface area (Å²) >= 11 is 1.50. The van der Waals surface area contributed by atoms with Crippen LogP contribution in [0.25, 0.3) is 0 Å². The zero-order valence-corrected chi connectivity index (χ0v) is 9.83. The van der Waals surface area contributed by atoms with Crippen molar-refractivity contribution in [1.29, 1.82) is 0 Å². The molecule has 0 amide bonds. The zero-order valence-electron chi connectivity index (χ0n) is 9.01. The van der Waals surface area contributed by atoms with E-state index in [1.807, 2.05) is 6.07 Å². The molecule has 0 aliphatic carbocycles. The summed E-state index contributed by atoms with van der Waals surface area (Å²) in [5.74, 6) is 0. The third-order valence-corrected chi connectivity index (χ3v) is 2.76. The van der Waals surface area contributed by atoms with Crippen molar-refractivity contribution in [3.63, 3.8) is 0 Å². The number of nitrogens with one attached hydrogen (secondary N) is 1. The third-order valence-electron chi connectivity index (χ3n) is 2.11. The van der Waals surface area contributed by atoms with Crippen LogP contribution in [0, 0.1) is 0 Å². The lowest BCUT2D eigenvalue weighted by Gasteiger charge is -2.05. The van der Waals surface area contributed by atoms with E-state index in [-0.39, 0.29) is 0 Å². The lowest BCUT2D eigenvalue weighted by Crippen LogP contribution is -2.00. The maximum Gasteiger partial charge on any atom is 0.205 e. The number of hydrogen-bond acceptors (Lipinski definition) is 5. The van der Waals surface area contributed by atoms with E-state index >= 15 is 0 Å². The topological polar surface area (TPSA) is 47.0 Å². The lowest BCUT2D eigenvalue weighted by atomic mass is 10.1. The van der Waals surface area contributed by atoms with Crippen molar-refractivity contribution >= 4 is 16.5 Å². The summed E-state index contributed by atoms with van der Waals surface area (Å²) < 4.78 is 5.09. The second-order valence-corrected chi connectivity index (χ2v) is 4.18. The van der Waals surface area contributed by atoms with Gasteiger partial charge in [-0.15, -0.1) is 10.2 Å². The van der Waals surface area contributed by atoms with Crippen LogP contribution < -0.4 is 5.32 Å². The molecule has 0 unspecified atom stereocenters. The Morgan fingerprint density at radius 1 is 1.38 bits per heavy atom. The lowest BCUT2D eigenvalue weighted by molar-refractivity contribution is 0.185. The largest absolute Gasteiger partial charge is 0.380 e. The summed E-state index contributed by atoms with van der Waals surface area (Å²) in [6, 6.07) is 8.29. The number of aromatic nitrogens is 2. The van der Waals surface area contributed by atoms with Crippen molar-refractivity contribution < 1.29 is 4.74 Å². The number of rotatable bonds is 5. The van der Waals surface area contributed by atoms with Gasteiger partial charge >= 0.3 is 0 Å². The fraction of sp³-hybridized carbons (Fsp3) is 0.273. The molecule has 1 heterocycles. The average Bonchev–Trinajstić information content (AvgIpc) is 2.80. The molecule has 0 saturated heterocycles. The highest BCUT2D eigenvalue weighted by Crippen LogP contribution is 2.11. The van der Waals surface area contributed by atoms with Crippen LogP contribution in [-0.2, 0) is 17.9 Å².